The molecule has 6 heteroatoms. The normalized spacial score (nSPS) is 10.1. The number of aromatic nitrogens is 4. The summed E-state index contributed by atoms with van der Waals surface area (Å²) < 4.78 is 18.7. The van der Waals surface area contributed by atoms with Gasteiger partial charge in [-0.3, -0.25) is 0 Å². The summed E-state index contributed by atoms with van der Waals surface area (Å²) in [5.74, 6) is 0.429. The molecule has 0 bridgehead atoms. The second-order valence-electron chi connectivity index (χ2n) is 2.52. The van der Waals surface area contributed by atoms with Gasteiger partial charge in [0.2, 0.25) is 5.88 Å². The molecule has 0 spiro atoms. The van der Waals surface area contributed by atoms with Crippen LogP contribution in [-0.4, -0.2) is 26.9 Å². The molecule has 0 unspecified atom stereocenters. The Morgan fingerprint density at radius 3 is 2.64 bits per heavy atom. The third kappa shape index (κ3) is 1.54. The lowest BCUT2D eigenvalue weighted by Crippen LogP contribution is -1.99. The van der Waals surface area contributed by atoms with E-state index in [1.165, 1.54) is 30.4 Å². The molecule has 2 rings (SSSR count). The van der Waals surface area contributed by atoms with Gasteiger partial charge in [0.05, 0.1) is 31.9 Å². The molecule has 0 amide bonds. The standard InChI is InChI=1S/C8H7FN4O/c1-14-8-4-10-7(3-11-8)13-5-6(9)2-12-13/h2-5H,1H3. The lowest BCUT2D eigenvalue weighted by atomic mass is 10.6. The predicted molar refractivity (Wildman–Crippen MR) is 45.7 cm³/mol. The Hall–Kier alpha value is -1.98. The SMILES string of the molecule is COc1cnc(-n2cc(F)cn2)cn1. The third-order valence-corrected chi connectivity index (χ3v) is 1.61. The summed E-state index contributed by atoms with van der Waals surface area (Å²) >= 11 is 0. The molecule has 5 nitrogen and oxygen atoms in total. The van der Waals surface area contributed by atoms with E-state index in [0.717, 1.165) is 6.20 Å². The number of rotatable bonds is 2. The fourth-order valence-electron chi connectivity index (χ4n) is 0.959. The maximum Gasteiger partial charge on any atom is 0.232 e. The van der Waals surface area contributed by atoms with Crippen molar-refractivity contribution >= 4 is 0 Å². The lowest BCUT2D eigenvalue weighted by molar-refractivity contribution is 0.395. The van der Waals surface area contributed by atoms with Crippen molar-refractivity contribution in [1.29, 1.82) is 0 Å². The van der Waals surface area contributed by atoms with Gasteiger partial charge in [0.1, 0.15) is 0 Å². The van der Waals surface area contributed by atoms with Gasteiger partial charge >= 0.3 is 0 Å². The van der Waals surface area contributed by atoms with Crippen LogP contribution < -0.4 is 4.74 Å². The summed E-state index contributed by atoms with van der Waals surface area (Å²) in [6.07, 6.45) is 5.21. The summed E-state index contributed by atoms with van der Waals surface area (Å²) in [6, 6.07) is 0. The molecule has 0 aliphatic rings. The molecule has 0 saturated heterocycles. The van der Waals surface area contributed by atoms with E-state index in [9.17, 15) is 4.39 Å². The Bertz CT molecular complexity index is 425. The van der Waals surface area contributed by atoms with Crippen molar-refractivity contribution in [1.82, 2.24) is 19.7 Å². The molecule has 0 aliphatic heterocycles. The average Bonchev–Trinajstić information content (AvgIpc) is 2.65. The summed E-state index contributed by atoms with van der Waals surface area (Å²) in [5, 5.41) is 3.74. The van der Waals surface area contributed by atoms with E-state index in [2.05, 4.69) is 15.1 Å². The molecule has 0 saturated carbocycles. The third-order valence-electron chi connectivity index (χ3n) is 1.61. The highest BCUT2D eigenvalue weighted by Crippen LogP contribution is 2.06. The molecule has 14 heavy (non-hydrogen) atoms. The quantitative estimate of drug-likeness (QED) is 0.709. The van der Waals surface area contributed by atoms with Crippen molar-refractivity contribution in [3.63, 3.8) is 0 Å². The largest absolute Gasteiger partial charge is 0.480 e. The van der Waals surface area contributed by atoms with Crippen molar-refractivity contribution in [2.24, 2.45) is 0 Å². The zero-order valence-corrected chi connectivity index (χ0v) is 7.38. The molecule has 2 aromatic rings. The van der Waals surface area contributed by atoms with Crippen molar-refractivity contribution in [3.05, 3.63) is 30.6 Å². The second-order valence-corrected chi connectivity index (χ2v) is 2.52. The molecule has 0 radical (unpaired) electrons. The average molecular weight is 194 g/mol. The molecule has 2 aromatic heterocycles. The monoisotopic (exact) mass is 194 g/mol. The number of halogens is 1. The van der Waals surface area contributed by atoms with Gasteiger partial charge in [0.25, 0.3) is 0 Å². The van der Waals surface area contributed by atoms with Gasteiger partial charge in [-0.15, -0.1) is 0 Å². The molecule has 2 heterocycles. The first kappa shape index (κ1) is 8.61. The van der Waals surface area contributed by atoms with Gasteiger partial charge in [-0.1, -0.05) is 0 Å². The first-order chi connectivity index (χ1) is 6.79. The number of methoxy groups -OCH3 is 1. The Morgan fingerprint density at radius 2 is 2.14 bits per heavy atom. The minimum Gasteiger partial charge on any atom is -0.480 e. The van der Waals surface area contributed by atoms with E-state index in [4.69, 9.17) is 4.74 Å². The zero-order valence-electron chi connectivity index (χ0n) is 7.38. The van der Waals surface area contributed by atoms with Crippen LogP contribution in [0.2, 0.25) is 0 Å². The maximum atomic E-state index is 12.6. The summed E-state index contributed by atoms with van der Waals surface area (Å²) in [7, 11) is 1.50. The van der Waals surface area contributed by atoms with Crippen LogP contribution >= 0.6 is 0 Å². The highest BCUT2D eigenvalue weighted by molar-refractivity contribution is 5.19. The molecule has 0 aromatic carbocycles. The van der Waals surface area contributed by atoms with Crippen LogP contribution in [0.1, 0.15) is 0 Å². The number of nitrogens with zero attached hydrogens (tertiary/aromatic N) is 4. The van der Waals surface area contributed by atoms with Crippen molar-refractivity contribution in [2.75, 3.05) is 7.11 Å². The van der Waals surface area contributed by atoms with Gasteiger partial charge < -0.3 is 4.74 Å². The van der Waals surface area contributed by atoms with E-state index < -0.39 is 5.82 Å². The minimum absolute atomic E-state index is 0.404. The number of hydrogen-bond donors (Lipinski definition) is 0. The van der Waals surface area contributed by atoms with Crippen molar-refractivity contribution in [3.8, 4) is 11.7 Å². The number of ether oxygens (including phenoxy) is 1. The lowest BCUT2D eigenvalue weighted by Gasteiger charge is -2.00. The van der Waals surface area contributed by atoms with E-state index in [-0.39, 0.29) is 0 Å². The molecular formula is C8H7FN4O. The van der Waals surface area contributed by atoms with Gasteiger partial charge in [0, 0.05) is 0 Å². The van der Waals surface area contributed by atoms with Crippen LogP contribution in [0.4, 0.5) is 4.39 Å². The van der Waals surface area contributed by atoms with Gasteiger partial charge in [-0.2, -0.15) is 5.10 Å². The van der Waals surface area contributed by atoms with Crippen LogP contribution in [0.5, 0.6) is 5.88 Å². The molecule has 0 atom stereocenters. The van der Waals surface area contributed by atoms with Crippen molar-refractivity contribution in [2.45, 2.75) is 0 Å². The Labute approximate surface area is 79.2 Å². The topological polar surface area (TPSA) is 52.8 Å². The van der Waals surface area contributed by atoms with Crippen LogP contribution in [0, 0.1) is 5.82 Å². The van der Waals surface area contributed by atoms with Crippen LogP contribution in [-0.2, 0) is 0 Å². The van der Waals surface area contributed by atoms with E-state index in [1.54, 1.807) is 0 Å². The first-order valence-electron chi connectivity index (χ1n) is 3.86. The molecule has 0 N–H and O–H groups in total. The Morgan fingerprint density at radius 1 is 1.29 bits per heavy atom. The number of hydrogen-bond acceptors (Lipinski definition) is 4. The van der Waals surface area contributed by atoms with E-state index in [1.807, 2.05) is 0 Å². The maximum absolute atomic E-state index is 12.6. The van der Waals surface area contributed by atoms with Gasteiger partial charge in [-0.05, 0) is 0 Å². The summed E-state index contributed by atoms with van der Waals surface area (Å²) in [5.41, 5.74) is 0. The fraction of sp³-hybridized carbons (Fsp3) is 0.125. The Kier molecular flexibility index (Phi) is 2.10. The van der Waals surface area contributed by atoms with Crippen LogP contribution in [0.15, 0.2) is 24.8 Å². The smallest absolute Gasteiger partial charge is 0.232 e. The molecular weight excluding hydrogens is 187 g/mol. The van der Waals surface area contributed by atoms with Gasteiger partial charge in [-0.25, -0.2) is 19.0 Å². The second kappa shape index (κ2) is 3.41. The highest BCUT2D eigenvalue weighted by atomic mass is 19.1. The summed E-state index contributed by atoms with van der Waals surface area (Å²) in [4.78, 5) is 7.89. The van der Waals surface area contributed by atoms with E-state index >= 15 is 0 Å². The minimum atomic E-state index is -0.414. The summed E-state index contributed by atoms with van der Waals surface area (Å²) in [6.45, 7) is 0. The van der Waals surface area contributed by atoms with Crippen molar-refractivity contribution < 1.29 is 9.13 Å². The van der Waals surface area contributed by atoms with Crippen LogP contribution in [0.25, 0.3) is 5.82 Å². The van der Waals surface area contributed by atoms with Gasteiger partial charge in [0.15, 0.2) is 11.6 Å². The molecule has 72 valence electrons. The van der Waals surface area contributed by atoms with Crippen LogP contribution in [0.3, 0.4) is 0 Å². The predicted octanol–water partition coefficient (Wildman–Crippen LogP) is 0.810. The molecule has 0 aliphatic carbocycles. The zero-order chi connectivity index (χ0) is 9.97. The Balaban J connectivity index is 2.33. The van der Waals surface area contributed by atoms with E-state index in [0.29, 0.717) is 11.7 Å². The fourth-order valence-corrected chi connectivity index (χ4v) is 0.959. The molecule has 0 fully saturated rings. The highest BCUT2D eigenvalue weighted by Gasteiger charge is 2.01. The first-order valence-corrected chi connectivity index (χ1v) is 3.86.